The average Bonchev–Trinajstić information content (AvgIpc) is 2.72. The minimum Gasteiger partial charge on any atom is -0.457 e. The second kappa shape index (κ2) is 7.23. The standard InChI is InChI=1S/C22H12Cl2O4/c23-17-9-8-12(10-18(17)24)11-28-22(27)16-7-3-6-15-19(16)21(26)14-5-2-1-4-13(14)20(15)25/h1-10H,11H2. The first kappa shape index (κ1) is 18.4. The number of fused-ring (bicyclic) bond motifs is 2. The number of carbonyl (C=O) groups is 3. The van der Waals surface area contributed by atoms with Crippen LogP contribution in [0.15, 0.2) is 60.7 Å². The summed E-state index contributed by atoms with van der Waals surface area (Å²) in [5.41, 5.74) is 1.61. The second-order valence-electron chi connectivity index (χ2n) is 6.26. The van der Waals surface area contributed by atoms with E-state index < -0.39 is 5.97 Å². The Kier molecular flexibility index (Phi) is 4.75. The van der Waals surface area contributed by atoms with Crippen molar-refractivity contribution in [1.29, 1.82) is 0 Å². The molecule has 28 heavy (non-hydrogen) atoms. The van der Waals surface area contributed by atoms with Gasteiger partial charge in [-0.1, -0.05) is 65.7 Å². The maximum atomic E-state index is 12.9. The fourth-order valence-corrected chi connectivity index (χ4v) is 3.49. The summed E-state index contributed by atoms with van der Waals surface area (Å²) in [6, 6.07) is 16.0. The zero-order valence-corrected chi connectivity index (χ0v) is 15.9. The summed E-state index contributed by atoms with van der Waals surface area (Å²) in [4.78, 5) is 38.3. The first-order chi connectivity index (χ1) is 13.5. The lowest BCUT2D eigenvalue weighted by Crippen LogP contribution is -2.24. The molecule has 6 heteroatoms. The van der Waals surface area contributed by atoms with Crippen LogP contribution in [0.3, 0.4) is 0 Å². The molecule has 0 aliphatic heterocycles. The molecular formula is C22H12Cl2O4. The number of ketones is 2. The summed E-state index contributed by atoms with van der Waals surface area (Å²) in [6.07, 6.45) is 0. The molecule has 0 saturated carbocycles. The number of halogens is 2. The van der Waals surface area contributed by atoms with E-state index in [0.29, 0.717) is 21.2 Å². The first-order valence-corrected chi connectivity index (χ1v) is 9.15. The van der Waals surface area contributed by atoms with Gasteiger partial charge >= 0.3 is 5.97 Å². The summed E-state index contributed by atoms with van der Waals surface area (Å²) >= 11 is 11.8. The van der Waals surface area contributed by atoms with Gasteiger partial charge in [-0.25, -0.2) is 4.79 Å². The summed E-state index contributed by atoms with van der Waals surface area (Å²) < 4.78 is 5.34. The summed E-state index contributed by atoms with van der Waals surface area (Å²) in [5.74, 6) is -1.35. The largest absolute Gasteiger partial charge is 0.457 e. The van der Waals surface area contributed by atoms with Gasteiger partial charge < -0.3 is 4.74 Å². The zero-order chi connectivity index (χ0) is 19.8. The van der Waals surface area contributed by atoms with Gasteiger partial charge in [-0.15, -0.1) is 0 Å². The number of hydrogen-bond acceptors (Lipinski definition) is 4. The van der Waals surface area contributed by atoms with E-state index in [-0.39, 0.29) is 40.4 Å². The number of ether oxygens (including phenoxy) is 1. The molecule has 0 fully saturated rings. The molecule has 0 bridgehead atoms. The number of hydrogen-bond donors (Lipinski definition) is 0. The molecule has 0 N–H and O–H groups in total. The van der Waals surface area contributed by atoms with Crippen LogP contribution in [-0.4, -0.2) is 17.5 Å². The number of carbonyl (C=O) groups excluding carboxylic acids is 3. The number of esters is 1. The van der Waals surface area contributed by atoms with Gasteiger partial charge in [-0.3, -0.25) is 9.59 Å². The van der Waals surface area contributed by atoms with Gasteiger partial charge in [0, 0.05) is 22.3 Å². The number of benzene rings is 3. The molecule has 0 heterocycles. The van der Waals surface area contributed by atoms with Gasteiger partial charge in [0.1, 0.15) is 6.61 Å². The molecule has 3 aromatic rings. The van der Waals surface area contributed by atoms with Crippen LogP contribution in [-0.2, 0) is 11.3 Å². The SMILES string of the molecule is O=C(OCc1ccc(Cl)c(Cl)c1)c1cccc2c1C(=O)c1ccccc1C2=O. The van der Waals surface area contributed by atoms with Crippen LogP contribution >= 0.6 is 23.2 Å². The number of rotatable bonds is 3. The Hall–Kier alpha value is -2.95. The molecular weight excluding hydrogens is 399 g/mol. The van der Waals surface area contributed by atoms with Crippen LogP contribution < -0.4 is 0 Å². The fraction of sp³-hybridized carbons (Fsp3) is 0.0455. The maximum Gasteiger partial charge on any atom is 0.339 e. The van der Waals surface area contributed by atoms with Crippen molar-refractivity contribution in [3.63, 3.8) is 0 Å². The monoisotopic (exact) mass is 410 g/mol. The predicted molar refractivity (Wildman–Crippen MR) is 105 cm³/mol. The maximum absolute atomic E-state index is 12.9. The Labute approximate surface area is 170 Å². The van der Waals surface area contributed by atoms with E-state index in [1.807, 2.05) is 0 Å². The highest BCUT2D eigenvalue weighted by Gasteiger charge is 2.33. The minimum atomic E-state index is -0.691. The van der Waals surface area contributed by atoms with E-state index in [0.717, 1.165) is 0 Å². The van der Waals surface area contributed by atoms with Crippen molar-refractivity contribution in [2.24, 2.45) is 0 Å². The smallest absolute Gasteiger partial charge is 0.339 e. The molecule has 0 aromatic heterocycles. The summed E-state index contributed by atoms with van der Waals surface area (Å²) in [7, 11) is 0. The molecule has 4 rings (SSSR count). The van der Waals surface area contributed by atoms with Crippen molar-refractivity contribution in [3.05, 3.63) is 104 Å². The van der Waals surface area contributed by atoms with Crippen molar-refractivity contribution in [1.82, 2.24) is 0 Å². The molecule has 0 unspecified atom stereocenters. The summed E-state index contributed by atoms with van der Waals surface area (Å²) in [6.45, 7) is -0.0435. The predicted octanol–water partition coefficient (Wildman–Crippen LogP) is 5.13. The van der Waals surface area contributed by atoms with Crippen LogP contribution in [0.4, 0.5) is 0 Å². The van der Waals surface area contributed by atoms with E-state index in [1.54, 1.807) is 54.6 Å². The van der Waals surface area contributed by atoms with E-state index >= 15 is 0 Å². The van der Waals surface area contributed by atoms with Gasteiger partial charge in [-0.2, -0.15) is 0 Å². The minimum absolute atomic E-state index is 0.0435. The highest BCUT2D eigenvalue weighted by molar-refractivity contribution is 6.42. The molecule has 0 atom stereocenters. The molecule has 0 amide bonds. The van der Waals surface area contributed by atoms with Crippen molar-refractivity contribution in [3.8, 4) is 0 Å². The Morgan fingerprint density at radius 1 is 0.786 bits per heavy atom. The molecule has 4 nitrogen and oxygen atoms in total. The van der Waals surface area contributed by atoms with E-state index in [2.05, 4.69) is 0 Å². The average molecular weight is 411 g/mol. The quantitative estimate of drug-likeness (QED) is 0.439. The van der Waals surface area contributed by atoms with Crippen molar-refractivity contribution in [2.45, 2.75) is 6.61 Å². The van der Waals surface area contributed by atoms with Gasteiger partial charge in [-0.05, 0) is 23.8 Å². The molecule has 1 aliphatic rings. The van der Waals surface area contributed by atoms with Gasteiger partial charge in [0.15, 0.2) is 11.6 Å². The third-order valence-corrected chi connectivity index (χ3v) is 5.27. The molecule has 0 saturated heterocycles. The van der Waals surface area contributed by atoms with E-state index in [1.165, 1.54) is 6.07 Å². The van der Waals surface area contributed by atoms with Crippen LogP contribution in [0.25, 0.3) is 0 Å². The first-order valence-electron chi connectivity index (χ1n) is 8.40. The second-order valence-corrected chi connectivity index (χ2v) is 7.07. The van der Waals surface area contributed by atoms with Crippen molar-refractivity contribution < 1.29 is 19.1 Å². The molecule has 3 aromatic carbocycles. The fourth-order valence-electron chi connectivity index (χ4n) is 3.17. The van der Waals surface area contributed by atoms with Crippen LogP contribution in [0.1, 0.15) is 47.8 Å². The third-order valence-electron chi connectivity index (χ3n) is 4.53. The Balaban J connectivity index is 1.66. The van der Waals surface area contributed by atoms with Crippen LogP contribution in [0.5, 0.6) is 0 Å². The van der Waals surface area contributed by atoms with Gasteiger partial charge in [0.2, 0.25) is 0 Å². The highest BCUT2D eigenvalue weighted by Crippen LogP contribution is 2.30. The topological polar surface area (TPSA) is 60.4 Å². The van der Waals surface area contributed by atoms with Crippen LogP contribution in [0, 0.1) is 0 Å². The lowest BCUT2D eigenvalue weighted by molar-refractivity contribution is 0.0470. The lowest BCUT2D eigenvalue weighted by Gasteiger charge is -2.19. The van der Waals surface area contributed by atoms with Gasteiger partial charge in [0.05, 0.1) is 15.6 Å². The Morgan fingerprint density at radius 2 is 1.46 bits per heavy atom. The molecule has 0 spiro atoms. The summed E-state index contributed by atoms with van der Waals surface area (Å²) in [5, 5.41) is 0.751. The Bertz CT molecular complexity index is 1150. The van der Waals surface area contributed by atoms with Crippen LogP contribution in [0.2, 0.25) is 10.0 Å². The molecule has 138 valence electrons. The highest BCUT2D eigenvalue weighted by atomic mass is 35.5. The third kappa shape index (κ3) is 3.11. The molecule has 0 radical (unpaired) electrons. The Morgan fingerprint density at radius 3 is 2.18 bits per heavy atom. The van der Waals surface area contributed by atoms with E-state index in [9.17, 15) is 14.4 Å². The van der Waals surface area contributed by atoms with E-state index in [4.69, 9.17) is 27.9 Å². The lowest BCUT2D eigenvalue weighted by atomic mass is 9.82. The normalized spacial score (nSPS) is 12.4. The van der Waals surface area contributed by atoms with Crippen molar-refractivity contribution in [2.75, 3.05) is 0 Å². The zero-order valence-electron chi connectivity index (χ0n) is 14.4. The van der Waals surface area contributed by atoms with Gasteiger partial charge in [0.25, 0.3) is 0 Å². The van der Waals surface area contributed by atoms with Crippen molar-refractivity contribution >= 4 is 40.7 Å². The molecule has 1 aliphatic carbocycles.